The number of carbonyl (C=O) groups excluding carboxylic acids is 3. The minimum absolute atomic E-state index is 0.0549. The summed E-state index contributed by atoms with van der Waals surface area (Å²) < 4.78 is 56.9. The SMILES string of the molecule is O=C(COc1cccc(C(F)(F)F)c1)NCCN1C(=O)S/C(=C\c2ccccc2F)C1=O. The summed E-state index contributed by atoms with van der Waals surface area (Å²) in [6.07, 6.45) is -3.25. The van der Waals surface area contributed by atoms with E-state index < -0.39 is 41.2 Å². The lowest BCUT2D eigenvalue weighted by Gasteiger charge is -2.13. The Kier molecular flexibility index (Phi) is 7.18. The Morgan fingerprint density at radius 1 is 1.12 bits per heavy atom. The van der Waals surface area contributed by atoms with E-state index in [9.17, 15) is 31.9 Å². The number of alkyl halides is 3. The van der Waals surface area contributed by atoms with Gasteiger partial charge in [-0.2, -0.15) is 13.2 Å². The first-order valence-corrected chi connectivity index (χ1v) is 10.0. The Morgan fingerprint density at radius 2 is 1.88 bits per heavy atom. The normalized spacial score (nSPS) is 15.4. The summed E-state index contributed by atoms with van der Waals surface area (Å²) in [5.74, 6) is -1.92. The monoisotopic (exact) mass is 468 g/mol. The molecule has 1 N–H and O–H groups in total. The fraction of sp³-hybridized carbons (Fsp3) is 0.190. The second-order valence-electron chi connectivity index (χ2n) is 6.52. The number of hydrogen-bond acceptors (Lipinski definition) is 5. The third kappa shape index (κ3) is 5.88. The summed E-state index contributed by atoms with van der Waals surface area (Å²) in [7, 11) is 0. The third-order valence-electron chi connectivity index (χ3n) is 4.25. The van der Waals surface area contributed by atoms with Gasteiger partial charge in [0.2, 0.25) is 0 Å². The Labute approximate surface area is 184 Å². The second-order valence-corrected chi connectivity index (χ2v) is 7.51. The zero-order chi connectivity index (χ0) is 23.3. The molecule has 2 aromatic carbocycles. The van der Waals surface area contributed by atoms with Crippen molar-refractivity contribution in [1.82, 2.24) is 10.2 Å². The standard InChI is InChI=1S/C21H16F4N2O4S/c22-16-7-2-1-4-13(16)10-17-19(29)27(20(30)32-17)9-8-26-18(28)12-31-15-6-3-5-14(11-15)21(23,24)25/h1-7,10-11H,8-9,12H2,(H,26,28)/b17-10-. The van der Waals surface area contributed by atoms with E-state index in [2.05, 4.69) is 5.32 Å². The number of carbonyl (C=O) groups is 3. The Morgan fingerprint density at radius 3 is 2.59 bits per heavy atom. The fourth-order valence-corrected chi connectivity index (χ4v) is 3.55. The number of nitrogens with one attached hydrogen (secondary N) is 1. The molecule has 0 aromatic heterocycles. The summed E-state index contributed by atoms with van der Waals surface area (Å²) in [5, 5.41) is 1.86. The van der Waals surface area contributed by atoms with Gasteiger partial charge in [0.15, 0.2) is 6.61 Å². The molecule has 168 valence electrons. The van der Waals surface area contributed by atoms with Crippen LogP contribution in [0.15, 0.2) is 53.4 Å². The average Bonchev–Trinajstić information content (AvgIpc) is 3.01. The highest BCUT2D eigenvalue weighted by Crippen LogP contribution is 2.32. The minimum atomic E-state index is -4.53. The maximum atomic E-state index is 13.8. The van der Waals surface area contributed by atoms with Gasteiger partial charge in [-0.15, -0.1) is 0 Å². The van der Waals surface area contributed by atoms with Crippen molar-refractivity contribution in [1.29, 1.82) is 0 Å². The van der Waals surface area contributed by atoms with Gasteiger partial charge in [-0.1, -0.05) is 24.3 Å². The van der Waals surface area contributed by atoms with Gasteiger partial charge in [-0.3, -0.25) is 19.3 Å². The molecule has 0 spiro atoms. The van der Waals surface area contributed by atoms with Crippen LogP contribution in [0.25, 0.3) is 6.08 Å². The number of hydrogen-bond donors (Lipinski definition) is 1. The lowest BCUT2D eigenvalue weighted by atomic mass is 10.2. The average molecular weight is 468 g/mol. The first-order chi connectivity index (χ1) is 15.1. The molecule has 11 heteroatoms. The van der Waals surface area contributed by atoms with E-state index in [1.54, 1.807) is 6.07 Å². The number of halogens is 4. The quantitative estimate of drug-likeness (QED) is 0.490. The van der Waals surface area contributed by atoms with Gasteiger partial charge in [0.1, 0.15) is 11.6 Å². The molecule has 6 nitrogen and oxygen atoms in total. The molecule has 1 aliphatic heterocycles. The van der Waals surface area contributed by atoms with Gasteiger partial charge < -0.3 is 10.1 Å². The largest absolute Gasteiger partial charge is 0.484 e. The zero-order valence-electron chi connectivity index (χ0n) is 16.3. The Balaban J connectivity index is 1.49. The molecule has 0 bridgehead atoms. The highest BCUT2D eigenvalue weighted by Gasteiger charge is 2.35. The number of imide groups is 1. The molecule has 2 aromatic rings. The smallest absolute Gasteiger partial charge is 0.416 e. The number of thioether (sulfide) groups is 1. The highest BCUT2D eigenvalue weighted by atomic mass is 32.2. The zero-order valence-corrected chi connectivity index (χ0v) is 17.1. The van der Waals surface area contributed by atoms with Crippen molar-refractivity contribution in [2.45, 2.75) is 6.18 Å². The van der Waals surface area contributed by atoms with Crippen molar-refractivity contribution < 1.29 is 36.7 Å². The van der Waals surface area contributed by atoms with Crippen molar-refractivity contribution in [2.75, 3.05) is 19.7 Å². The molecule has 0 atom stereocenters. The predicted octanol–water partition coefficient (Wildman–Crippen LogP) is 4.08. The van der Waals surface area contributed by atoms with Gasteiger partial charge in [0.05, 0.1) is 10.5 Å². The molecule has 0 radical (unpaired) electrons. The molecular formula is C21H16F4N2O4S. The molecule has 3 rings (SSSR count). The summed E-state index contributed by atoms with van der Waals surface area (Å²) in [4.78, 5) is 37.3. The van der Waals surface area contributed by atoms with Crippen LogP contribution >= 0.6 is 11.8 Å². The van der Waals surface area contributed by atoms with Crippen molar-refractivity contribution in [3.8, 4) is 5.75 Å². The topological polar surface area (TPSA) is 75.7 Å². The van der Waals surface area contributed by atoms with E-state index in [0.29, 0.717) is 11.8 Å². The summed E-state index contributed by atoms with van der Waals surface area (Å²) in [6, 6.07) is 9.88. The van der Waals surface area contributed by atoms with E-state index in [1.807, 2.05) is 0 Å². The van der Waals surface area contributed by atoms with Crippen LogP contribution < -0.4 is 10.1 Å². The predicted molar refractivity (Wildman–Crippen MR) is 109 cm³/mol. The fourth-order valence-electron chi connectivity index (χ4n) is 2.70. The number of nitrogens with zero attached hydrogens (tertiary/aromatic N) is 1. The van der Waals surface area contributed by atoms with Crippen LogP contribution in [-0.2, 0) is 15.8 Å². The van der Waals surface area contributed by atoms with Crippen molar-refractivity contribution in [2.24, 2.45) is 0 Å². The molecule has 0 unspecified atom stereocenters. The van der Waals surface area contributed by atoms with E-state index in [0.717, 1.165) is 23.1 Å². The van der Waals surface area contributed by atoms with Crippen LogP contribution in [0.3, 0.4) is 0 Å². The molecule has 1 aliphatic rings. The number of amides is 3. The third-order valence-corrected chi connectivity index (χ3v) is 5.16. The lowest BCUT2D eigenvalue weighted by molar-refractivity contribution is -0.137. The van der Waals surface area contributed by atoms with E-state index in [4.69, 9.17) is 4.74 Å². The summed E-state index contributed by atoms with van der Waals surface area (Å²) in [5.41, 5.74) is -0.740. The van der Waals surface area contributed by atoms with Crippen molar-refractivity contribution in [3.63, 3.8) is 0 Å². The minimum Gasteiger partial charge on any atom is -0.484 e. The second kappa shape index (κ2) is 9.86. The summed E-state index contributed by atoms with van der Waals surface area (Å²) >= 11 is 0.658. The lowest BCUT2D eigenvalue weighted by Crippen LogP contribution is -2.38. The van der Waals surface area contributed by atoms with Crippen LogP contribution in [-0.4, -0.2) is 41.6 Å². The maximum Gasteiger partial charge on any atom is 0.416 e. The molecule has 0 saturated carbocycles. The number of rotatable bonds is 7. The van der Waals surface area contributed by atoms with Crippen molar-refractivity contribution >= 4 is 34.9 Å². The van der Waals surface area contributed by atoms with Gasteiger partial charge in [0.25, 0.3) is 17.1 Å². The van der Waals surface area contributed by atoms with Crippen LogP contribution in [0, 0.1) is 5.82 Å². The van der Waals surface area contributed by atoms with Crippen LogP contribution in [0.2, 0.25) is 0 Å². The molecule has 3 amide bonds. The maximum absolute atomic E-state index is 13.8. The van der Waals surface area contributed by atoms with E-state index in [-0.39, 0.29) is 29.3 Å². The highest BCUT2D eigenvalue weighted by molar-refractivity contribution is 8.18. The molecular weight excluding hydrogens is 452 g/mol. The Hall–Kier alpha value is -3.34. The van der Waals surface area contributed by atoms with Gasteiger partial charge in [-0.25, -0.2) is 4.39 Å². The number of benzene rings is 2. The molecule has 1 fully saturated rings. The first-order valence-electron chi connectivity index (χ1n) is 9.22. The summed E-state index contributed by atoms with van der Waals surface area (Å²) in [6.45, 7) is -0.763. The Bertz CT molecular complexity index is 1070. The van der Waals surface area contributed by atoms with Crippen LogP contribution in [0.4, 0.5) is 22.4 Å². The van der Waals surface area contributed by atoms with E-state index >= 15 is 0 Å². The van der Waals surface area contributed by atoms with Gasteiger partial charge in [-0.05, 0) is 42.1 Å². The molecule has 1 saturated heterocycles. The number of ether oxygens (including phenoxy) is 1. The molecule has 1 heterocycles. The molecule has 32 heavy (non-hydrogen) atoms. The van der Waals surface area contributed by atoms with Crippen LogP contribution in [0.5, 0.6) is 5.75 Å². The first kappa shape index (κ1) is 23.3. The van der Waals surface area contributed by atoms with Gasteiger partial charge in [0, 0.05) is 18.7 Å². The van der Waals surface area contributed by atoms with Gasteiger partial charge >= 0.3 is 6.18 Å². The van der Waals surface area contributed by atoms with E-state index in [1.165, 1.54) is 30.3 Å². The molecule has 0 aliphatic carbocycles. The van der Waals surface area contributed by atoms with Crippen molar-refractivity contribution in [3.05, 3.63) is 70.4 Å². The van der Waals surface area contributed by atoms with Crippen LogP contribution in [0.1, 0.15) is 11.1 Å².